The van der Waals surface area contributed by atoms with E-state index in [0.717, 1.165) is 5.03 Å². The second-order valence-corrected chi connectivity index (χ2v) is 4.58. The molecule has 1 N–H and O–H groups in total. The van der Waals surface area contributed by atoms with Crippen molar-refractivity contribution in [3.63, 3.8) is 0 Å². The molecule has 2 aromatic rings. The molecule has 1 aromatic heterocycles. The van der Waals surface area contributed by atoms with E-state index in [9.17, 15) is 4.79 Å². The molecule has 0 aliphatic heterocycles. The Bertz CT molecular complexity index is 549. The van der Waals surface area contributed by atoms with Gasteiger partial charge in [-0.1, -0.05) is 23.9 Å². The third kappa shape index (κ3) is 3.96. The van der Waals surface area contributed by atoms with E-state index in [2.05, 4.69) is 15.3 Å². The molecule has 1 amide bonds. The number of rotatable bonds is 5. The number of nitrogens with one attached hydrogen (secondary N) is 1. The normalized spacial score (nSPS) is 9.95. The van der Waals surface area contributed by atoms with Gasteiger partial charge in [-0.2, -0.15) is 0 Å². The number of benzene rings is 1. The second kappa shape index (κ2) is 6.75. The molecule has 98 valence electrons. The number of ether oxygens (including phenoxy) is 1. The molecule has 0 saturated carbocycles. The zero-order valence-electron chi connectivity index (χ0n) is 10.4. The van der Waals surface area contributed by atoms with Crippen molar-refractivity contribution in [3.05, 3.63) is 42.9 Å². The van der Waals surface area contributed by atoms with Crippen LogP contribution in [0.2, 0.25) is 0 Å². The van der Waals surface area contributed by atoms with Gasteiger partial charge in [-0.3, -0.25) is 4.79 Å². The molecule has 0 aliphatic carbocycles. The molecule has 0 fully saturated rings. The lowest BCUT2D eigenvalue weighted by molar-refractivity contribution is -0.113. The minimum atomic E-state index is -0.104. The fourth-order valence-corrected chi connectivity index (χ4v) is 2.07. The third-order valence-corrected chi connectivity index (χ3v) is 3.23. The monoisotopic (exact) mass is 275 g/mol. The number of anilines is 1. The summed E-state index contributed by atoms with van der Waals surface area (Å²) in [5.41, 5.74) is 0.665. The molecule has 0 spiro atoms. The first-order chi connectivity index (χ1) is 9.29. The molecule has 1 aromatic carbocycles. The largest absolute Gasteiger partial charge is 0.495 e. The van der Waals surface area contributed by atoms with E-state index in [-0.39, 0.29) is 11.7 Å². The molecule has 0 radical (unpaired) electrons. The van der Waals surface area contributed by atoms with E-state index in [1.54, 1.807) is 31.5 Å². The summed E-state index contributed by atoms with van der Waals surface area (Å²) in [5.74, 6) is 0.825. The molecule has 0 unspecified atom stereocenters. The fourth-order valence-electron chi connectivity index (χ4n) is 1.44. The Kier molecular flexibility index (Phi) is 4.74. The molecule has 0 saturated heterocycles. The van der Waals surface area contributed by atoms with E-state index in [0.29, 0.717) is 11.4 Å². The highest BCUT2D eigenvalue weighted by Gasteiger charge is 2.07. The number of nitrogens with zero attached hydrogens (tertiary/aromatic N) is 2. The Morgan fingerprint density at radius 1 is 1.37 bits per heavy atom. The number of hydrogen-bond donors (Lipinski definition) is 1. The van der Waals surface area contributed by atoms with Crippen molar-refractivity contribution in [2.45, 2.75) is 5.03 Å². The molecule has 0 atom stereocenters. The number of amides is 1. The fraction of sp³-hybridized carbons (Fsp3) is 0.154. The predicted octanol–water partition coefficient (Wildman–Crippen LogP) is 2.22. The summed E-state index contributed by atoms with van der Waals surface area (Å²) in [7, 11) is 1.57. The highest BCUT2D eigenvalue weighted by Crippen LogP contribution is 2.23. The molecule has 0 bridgehead atoms. The number of carbonyl (C=O) groups excluding carboxylic acids is 1. The molecule has 6 heteroatoms. The van der Waals surface area contributed by atoms with Crippen LogP contribution >= 0.6 is 11.8 Å². The van der Waals surface area contributed by atoms with Crippen molar-refractivity contribution in [1.82, 2.24) is 9.97 Å². The van der Waals surface area contributed by atoms with Crippen LogP contribution in [0.15, 0.2) is 47.9 Å². The van der Waals surface area contributed by atoms with Crippen LogP contribution in [-0.2, 0) is 4.79 Å². The van der Waals surface area contributed by atoms with Gasteiger partial charge in [-0.15, -0.1) is 0 Å². The van der Waals surface area contributed by atoms with Gasteiger partial charge in [0, 0.05) is 6.20 Å². The zero-order valence-corrected chi connectivity index (χ0v) is 11.2. The summed E-state index contributed by atoms with van der Waals surface area (Å²) in [5, 5.41) is 3.57. The summed E-state index contributed by atoms with van der Waals surface area (Å²) in [4.78, 5) is 19.7. The first kappa shape index (κ1) is 13.4. The number of carbonyl (C=O) groups is 1. The summed E-state index contributed by atoms with van der Waals surface area (Å²) in [6.45, 7) is 0. The van der Waals surface area contributed by atoms with Crippen molar-refractivity contribution in [3.8, 4) is 5.75 Å². The van der Waals surface area contributed by atoms with Crippen LogP contribution < -0.4 is 10.1 Å². The number of methoxy groups -OCH3 is 1. The van der Waals surface area contributed by atoms with Gasteiger partial charge in [0.2, 0.25) is 5.91 Å². The summed E-state index contributed by atoms with van der Waals surface area (Å²) < 4.78 is 5.17. The van der Waals surface area contributed by atoms with Crippen molar-refractivity contribution >= 4 is 23.4 Å². The quantitative estimate of drug-likeness (QED) is 0.669. The van der Waals surface area contributed by atoms with Crippen molar-refractivity contribution in [1.29, 1.82) is 0 Å². The minimum Gasteiger partial charge on any atom is -0.495 e. The Labute approximate surface area is 115 Å². The molecule has 0 aliphatic rings. The van der Waals surface area contributed by atoms with Crippen LogP contribution in [0.1, 0.15) is 0 Å². The molecule has 5 nitrogen and oxygen atoms in total. The number of para-hydroxylation sites is 2. The van der Waals surface area contributed by atoms with Gasteiger partial charge in [-0.25, -0.2) is 9.97 Å². The molecule has 2 rings (SSSR count). The first-order valence-corrected chi connectivity index (χ1v) is 6.60. The van der Waals surface area contributed by atoms with Crippen LogP contribution in [0.25, 0.3) is 0 Å². The van der Waals surface area contributed by atoms with E-state index in [1.165, 1.54) is 18.1 Å². The van der Waals surface area contributed by atoms with E-state index in [1.807, 2.05) is 12.1 Å². The average molecular weight is 275 g/mol. The Balaban J connectivity index is 1.91. The van der Waals surface area contributed by atoms with Crippen molar-refractivity contribution in [2.24, 2.45) is 0 Å². The highest BCUT2D eigenvalue weighted by molar-refractivity contribution is 7.99. The van der Waals surface area contributed by atoms with E-state index >= 15 is 0 Å². The lowest BCUT2D eigenvalue weighted by Crippen LogP contribution is -2.14. The second-order valence-electron chi connectivity index (χ2n) is 3.58. The molecular formula is C13H13N3O2S. The van der Waals surface area contributed by atoms with Gasteiger partial charge in [-0.05, 0) is 18.2 Å². The van der Waals surface area contributed by atoms with Crippen LogP contribution in [0.4, 0.5) is 5.69 Å². The predicted molar refractivity (Wildman–Crippen MR) is 74.4 cm³/mol. The Morgan fingerprint density at radius 2 is 2.21 bits per heavy atom. The Morgan fingerprint density at radius 3 is 2.95 bits per heavy atom. The van der Waals surface area contributed by atoms with Crippen molar-refractivity contribution in [2.75, 3.05) is 18.2 Å². The van der Waals surface area contributed by atoms with Crippen LogP contribution in [-0.4, -0.2) is 28.7 Å². The maximum absolute atomic E-state index is 11.8. The zero-order chi connectivity index (χ0) is 13.5. The summed E-state index contributed by atoms with van der Waals surface area (Å²) in [6, 6.07) is 9.06. The minimum absolute atomic E-state index is 0.104. The van der Waals surface area contributed by atoms with Crippen LogP contribution in [0.3, 0.4) is 0 Å². The smallest absolute Gasteiger partial charge is 0.234 e. The van der Waals surface area contributed by atoms with Gasteiger partial charge in [0.15, 0.2) is 0 Å². The maximum atomic E-state index is 11.8. The molecule has 1 heterocycles. The number of thioether (sulfide) groups is 1. The van der Waals surface area contributed by atoms with Crippen LogP contribution in [0, 0.1) is 0 Å². The van der Waals surface area contributed by atoms with E-state index in [4.69, 9.17) is 4.74 Å². The van der Waals surface area contributed by atoms with Gasteiger partial charge < -0.3 is 10.1 Å². The van der Waals surface area contributed by atoms with Gasteiger partial charge in [0.1, 0.15) is 12.1 Å². The third-order valence-electron chi connectivity index (χ3n) is 2.29. The topological polar surface area (TPSA) is 64.1 Å². The lowest BCUT2D eigenvalue weighted by Gasteiger charge is -2.09. The lowest BCUT2D eigenvalue weighted by atomic mass is 10.3. The van der Waals surface area contributed by atoms with Crippen molar-refractivity contribution < 1.29 is 9.53 Å². The molecular weight excluding hydrogens is 262 g/mol. The van der Waals surface area contributed by atoms with Gasteiger partial charge in [0.05, 0.1) is 23.6 Å². The average Bonchev–Trinajstić information content (AvgIpc) is 2.47. The van der Waals surface area contributed by atoms with Gasteiger partial charge in [0.25, 0.3) is 0 Å². The number of hydrogen-bond acceptors (Lipinski definition) is 5. The maximum Gasteiger partial charge on any atom is 0.234 e. The number of aromatic nitrogens is 2. The highest BCUT2D eigenvalue weighted by atomic mass is 32.2. The van der Waals surface area contributed by atoms with Crippen LogP contribution in [0.5, 0.6) is 5.75 Å². The van der Waals surface area contributed by atoms with Gasteiger partial charge >= 0.3 is 0 Å². The standard InChI is InChI=1S/C13H13N3O2S/c1-18-11-5-3-2-4-10(11)16-12(17)8-19-13-6-7-14-9-15-13/h2-7,9H,8H2,1H3,(H,16,17). The summed E-state index contributed by atoms with van der Waals surface area (Å²) in [6.07, 6.45) is 3.11. The SMILES string of the molecule is COc1ccccc1NC(=O)CSc1ccncn1. The van der Waals surface area contributed by atoms with E-state index < -0.39 is 0 Å². The first-order valence-electron chi connectivity index (χ1n) is 5.61. The molecule has 19 heavy (non-hydrogen) atoms. The summed E-state index contributed by atoms with van der Waals surface area (Å²) >= 11 is 1.36. The Hall–Kier alpha value is -2.08.